The molecule has 0 aromatic heterocycles. The molecule has 0 radical (unpaired) electrons. The van der Waals surface area contributed by atoms with E-state index in [0.29, 0.717) is 5.56 Å². The first-order valence-corrected chi connectivity index (χ1v) is 9.64. The molecule has 3 rings (SSSR count). The molecule has 2 aromatic rings. The van der Waals surface area contributed by atoms with Gasteiger partial charge in [0.25, 0.3) is 5.91 Å². The first-order chi connectivity index (χ1) is 13.7. The van der Waals surface area contributed by atoms with Crippen LogP contribution in [0.25, 0.3) is 11.1 Å². The summed E-state index contributed by atoms with van der Waals surface area (Å²) in [6.07, 6.45) is -0.0802. The molecule has 1 atom stereocenters. The Hall–Kier alpha value is -2.99. The van der Waals surface area contributed by atoms with E-state index in [1.54, 1.807) is 39.8 Å². The van der Waals surface area contributed by atoms with Crippen LogP contribution in [-0.2, 0) is 9.53 Å². The number of esters is 1. The maximum absolute atomic E-state index is 13.2. The van der Waals surface area contributed by atoms with E-state index in [0.717, 1.165) is 16.1 Å². The molecule has 2 aromatic carbocycles. The van der Waals surface area contributed by atoms with Crippen molar-refractivity contribution in [2.45, 2.75) is 39.8 Å². The highest BCUT2D eigenvalue weighted by molar-refractivity contribution is 6.37. The number of ether oxygens (including phenoxy) is 1. The van der Waals surface area contributed by atoms with E-state index >= 15 is 0 Å². The van der Waals surface area contributed by atoms with Crippen LogP contribution in [0.1, 0.15) is 44.5 Å². The number of hydrazone groups is 1. The van der Waals surface area contributed by atoms with E-state index in [4.69, 9.17) is 4.74 Å². The molecule has 6 nitrogen and oxygen atoms in total. The van der Waals surface area contributed by atoms with Gasteiger partial charge in [0.2, 0.25) is 0 Å². The van der Waals surface area contributed by atoms with E-state index in [2.05, 4.69) is 5.10 Å². The number of rotatable bonds is 4. The van der Waals surface area contributed by atoms with E-state index in [1.807, 2.05) is 42.5 Å². The summed E-state index contributed by atoms with van der Waals surface area (Å²) < 4.78 is 5.01. The van der Waals surface area contributed by atoms with Crippen molar-refractivity contribution < 1.29 is 19.4 Å². The zero-order chi connectivity index (χ0) is 21.2. The number of hydrogen-bond donors (Lipinski definition) is 1. The van der Waals surface area contributed by atoms with Crippen LogP contribution in [0.2, 0.25) is 0 Å². The maximum atomic E-state index is 13.2. The first-order valence-electron chi connectivity index (χ1n) is 9.64. The highest BCUT2D eigenvalue weighted by atomic mass is 16.5. The van der Waals surface area contributed by atoms with Gasteiger partial charge >= 0.3 is 5.97 Å². The molecule has 0 saturated heterocycles. The summed E-state index contributed by atoms with van der Waals surface area (Å²) >= 11 is 0. The van der Waals surface area contributed by atoms with Gasteiger partial charge in [-0.25, -0.2) is 4.79 Å². The topological polar surface area (TPSA) is 79.2 Å². The second kappa shape index (κ2) is 7.79. The number of carbonyl (C=O) groups is 2. The third-order valence-corrected chi connectivity index (χ3v) is 5.13. The van der Waals surface area contributed by atoms with Gasteiger partial charge in [0.1, 0.15) is 0 Å². The van der Waals surface area contributed by atoms with Crippen LogP contribution in [0.4, 0.5) is 0 Å². The quantitative estimate of drug-likeness (QED) is 0.799. The normalized spacial score (nSPS) is 19.1. The number of amides is 1. The molecule has 0 fully saturated rings. The molecule has 6 heteroatoms. The lowest BCUT2D eigenvalue weighted by atomic mass is 9.80. The average Bonchev–Trinajstić information content (AvgIpc) is 3.07. The van der Waals surface area contributed by atoms with Crippen molar-refractivity contribution in [1.82, 2.24) is 5.01 Å². The Kier molecular flexibility index (Phi) is 5.57. The van der Waals surface area contributed by atoms with Crippen molar-refractivity contribution in [3.63, 3.8) is 0 Å². The summed E-state index contributed by atoms with van der Waals surface area (Å²) in [5.74, 6) is -1.09. The van der Waals surface area contributed by atoms with Crippen LogP contribution in [0, 0.1) is 5.41 Å². The highest BCUT2D eigenvalue weighted by Crippen LogP contribution is 2.41. The van der Waals surface area contributed by atoms with Gasteiger partial charge in [0.05, 0.1) is 6.61 Å². The fourth-order valence-corrected chi connectivity index (χ4v) is 3.23. The Morgan fingerprint density at radius 3 is 2.21 bits per heavy atom. The summed E-state index contributed by atoms with van der Waals surface area (Å²) in [5, 5.41) is 16.5. The van der Waals surface area contributed by atoms with Gasteiger partial charge in [-0.15, -0.1) is 0 Å². The fraction of sp³-hybridized carbons (Fsp3) is 0.348. The number of nitrogens with zero attached hydrogens (tertiary/aromatic N) is 2. The molecule has 0 saturated carbocycles. The Bertz CT molecular complexity index is 930. The van der Waals surface area contributed by atoms with Crippen LogP contribution in [-0.4, -0.2) is 40.0 Å². The van der Waals surface area contributed by atoms with Crippen LogP contribution in [0.5, 0.6) is 0 Å². The van der Waals surface area contributed by atoms with Gasteiger partial charge in [-0.3, -0.25) is 4.79 Å². The molecule has 29 heavy (non-hydrogen) atoms. The third kappa shape index (κ3) is 3.93. The SMILES string of the molecule is CCOC(=O)C1=NN(C(=O)c2ccc(-c3ccccc3)cc2)[C@@](O)(C(C)(C)C)C1. The van der Waals surface area contributed by atoms with Crippen molar-refractivity contribution in [2.24, 2.45) is 10.5 Å². The van der Waals surface area contributed by atoms with E-state index < -0.39 is 23.0 Å². The molecule has 0 bridgehead atoms. The lowest BCUT2D eigenvalue weighted by Gasteiger charge is -2.41. The lowest BCUT2D eigenvalue weighted by molar-refractivity contribution is -0.144. The monoisotopic (exact) mass is 394 g/mol. The molecule has 0 aliphatic carbocycles. The summed E-state index contributed by atoms with van der Waals surface area (Å²) in [7, 11) is 0. The van der Waals surface area contributed by atoms with E-state index in [9.17, 15) is 14.7 Å². The fourth-order valence-electron chi connectivity index (χ4n) is 3.23. The van der Waals surface area contributed by atoms with Gasteiger partial charge in [0.15, 0.2) is 11.4 Å². The molecular weight excluding hydrogens is 368 g/mol. The molecule has 0 unspecified atom stereocenters. The Balaban J connectivity index is 1.93. The molecule has 1 heterocycles. The molecule has 1 amide bonds. The van der Waals surface area contributed by atoms with Gasteiger partial charge in [-0.1, -0.05) is 63.2 Å². The second-order valence-electron chi connectivity index (χ2n) is 8.07. The smallest absolute Gasteiger partial charge is 0.354 e. The molecule has 1 aliphatic heterocycles. The van der Waals surface area contributed by atoms with Gasteiger partial charge in [-0.05, 0) is 30.2 Å². The van der Waals surface area contributed by atoms with Crippen molar-refractivity contribution in [3.8, 4) is 11.1 Å². The zero-order valence-corrected chi connectivity index (χ0v) is 17.2. The molecular formula is C23H26N2O4. The molecule has 152 valence electrons. The predicted molar refractivity (Wildman–Crippen MR) is 111 cm³/mol. The number of hydrogen-bond acceptors (Lipinski definition) is 5. The Labute approximate surface area is 170 Å². The van der Waals surface area contributed by atoms with Gasteiger partial charge < -0.3 is 9.84 Å². The number of aliphatic hydroxyl groups is 1. The van der Waals surface area contributed by atoms with E-state index in [-0.39, 0.29) is 18.7 Å². The van der Waals surface area contributed by atoms with Crippen LogP contribution < -0.4 is 0 Å². The summed E-state index contributed by atoms with van der Waals surface area (Å²) in [6, 6.07) is 16.9. The zero-order valence-electron chi connectivity index (χ0n) is 17.2. The van der Waals surface area contributed by atoms with E-state index in [1.165, 1.54) is 0 Å². The maximum Gasteiger partial charge on any atom is 0.354 e. The van der Waals surface area contributed by atoms with Crippen molar-refractivity contribution in [2.75, 3.05) is 6.61 Å². The van der Waals surface area contributed by atoms with Crippen molar-refractivity contribution >= 4 is 17.6 Å². The Morgan fingerprint density at radius 2 is 1.66 bits per heavy atom. The van der Waals surface area contributed by atoms with Crippen LogP contribution >= 0.6 is 0 Å². The van der Waals surface area contributed by atoms with Crippen molar-refractivity contribution in [3.05, 3.63) is 60.2 Å². The third-order valence-electron chi connectivity index (χ3n) is 5.13. The second-order valence-corrected chi connectivity index (χ2v) is 8.07. The minimum atomic E-state index is -1.63. The molecule has 1 N–H and O–H groups in total. The van der Waals surface area contributed by atoms with Crippen LogP contribution in [0.15, 0.2) is 59.7 Å². The number of carbonyl (C=O) groups excluding carboxylic acids is 2. The molecule has 1 aliphatic rings. The molecule has 0 spiro atoms. The summed E-state index contributed by atoms with van der Waals surface area (Å²) in [5.41, 5.74) is 0.0703. The lowest BCUT2D eigenvalue weighted by Crippen LogP contribution is -2.55. The van der Waals surface area contributed by atoms with Crippen LogP contribution in [0.3, 0.4) is 0 Å². The predicted octanol–water partition coefficient (Wildman–Crippen LogP) is 3.85. The first kappa shape index (κ1) is 20.7. The minimum Gasteiger partial charge on any atom is -0.461 e. The highest BCUT2D eigenvalue weighted by Gasteiger charge is 2.54. The summed E-state index contributed by atoms with van der Waals surface area (Å²) in [4.78, 5) is 25.4. The van der Waals surface area contributed by atoms with Crippen molar-refractivity contribution in [1.29, 1.82) is 0 Å². The number of benzene rings is 2. The average molecular weight is 394 g/mol. The minimum absolute atomic E-state index is 0.0403. The van der Waals surface area contributed by atoms with Gasteiger partial charge in [0, 0.05) is 17.4 Å². The largest absolute Gasteiger partial charge is 0.461 e. The Morgan fingerprint density at radius 1 is 1.07 bits per heavy atom. The standard InChI is InChI=1S/C23H26N2O4/c1-5-29-21(27)19-15-23(28,22(2,3)4)25(24-19)20(26)18-13-11-17(12-14-18)16-9-7-6-8-10-16/h6-14,28H,5,15H2,1-4H3/t23-/m0/s1. The summed E-state index contributed by atoms with van der Waals surface area (Å²) in [6.45, 7) is 7.29. The van der Waals surface area contributed by atoms with Gasteiger partial charge in [-0.2, -0.15) is 10.1 Å².